The lowest BCUT2D eigenvalue weighted by Crippen LogP contribution is -2.41. The first-order valence-corrected chi connectivity index (χ1v) is 14.1. The number of anilines is 2. The monoisotopic (exact) mass is 570 g/mol. The quantitative estimate of drug-likeness (QED) is 0.212. The summed E-state index contributed by atoms with van der Waals surface area (Å²) in [5.74, 6) is 3.76. The van der Waals surface area contributed by atoms with Crippen molar-refractivity contribution in [2.75, 3.05) is 25.5 Å². The van der Waals surface area contributed by atoms with Crippen molar-refractivity contribution in [3.63, 3.8) is 0 Å². The number of hydrogen-bond donors (Lipinski definition) is 1. The van der Waals surface area contributed by atoms with Crippen LogP contribution in [0.15, 0.2) is 73.6 Å². The zero-order chi connectivity index (χ0) is 28.3. The van der Waals surface area contributed by atoms with Gasteiger partial charge in [-0.2, -0.15) is 0 Å². The van der Waals surface area contributed by atoms with Crippen molar-refractivity contribution in [1.82, 2.24) is 14.9 Å². The molecule has 2 aliphatic rings. The van der Waals surface area contributed by atoms with Gasteiger partial charge in [0.15, 0.2) is 11.5 Å². The Balaban J connectivity index is 1.19. The van der Waals surface area contributed by atoms with E-state index in [9.17, 15) is 4.79 Å². The summed E-state index contributed by atoms with van der Waals surface area (Å²) in [6.07, 6.45) is 6.77. The minimum Gasteiger partial charge on any atom is -0.493 e. The van der Waals surface area contributed by atoms with Gasteiger partial charge in [-0.1, -0.05) is 30.3 Å². The molecule has 3 aromatic carbocycles. The molecule has 9 heteroatoms. The minimum atomic E-state index is -0.0539. The molecule has 6 rings (SSSR count). The normalized spacial score (nSPS) is 15.4. The zero-order valence-electron chi connectivity index (χ0n) is 22.8. The molecular weight excluding hydrogens is 540 g/mol. The lowest BCUT2D eigenvalue weighted by molar-refractivity contribution is -0.127. The van der Waals surface area contributed by atoms with Crippen LogP contribution in [0.2, 0.25) is 5.02 Å². The van der Waals surface area contributed by atoms with Crippen LogP contribution in [0.4, 0.5) is 11.5 Å². The summed E-state index contributed by atoms with van der Waals surface area (Å²) in [4.78, 5) is 22.6. The molecule has 0 atom stereocenters. The number of methoxy groups -OCH3 is 1. The second-order valence-electron chi connectivity index (χ2n) is 10.3. The number of nitrogens with one attached hydrogen (secondary N) is 1. The van der Waals surface area contributed by atoms with Crippen LogP contribution in [0.3, 0.4) is 0 Å². The number of rotatable bonds is 9. The SMILES string of the molecule is C=CC(=O)N1CCC(Oc2cc3c(Nc4ccc(Oc5ccc(C6CC6)cc5)c(Cl)c4)ncnc3cc2OC)CC1. The van der Waals surface area contributed by atoms with Gasteiger partial charge >= 0.3 is 0 Å². The van der Waals surface area contributed by atoms with Crippen LogP contribution in [0, 0.1) is 0 Å². The number of carbonyl (C=O) groups excluding carboxylic acids is 1. The average Bonchev–Trinajstić information content (AvgIpc) is 3.85. The smallest absolute Gasteiger partial charge is 0.245 e. The standard InChI is InChI=1S/C32H31ClN4O4/c1-3-31(38)37-14-12-24(13-15-37)41-30-17-25-27(18-29(30)39-2)34-19-35-32(25)36-22-8-11-28(26(33)16-22)40-23-9-6-21(7-10-23)20-4-5-20/h3,6-11,16-20,24H,1,4-5,12-15H2,2H3,(H,34,35,36). The van der Waals surface area contributed by atoms with Crippen molar-refractivity contribution in [1.29, 1.82) is 0 Å². The molecule has 0 bridgehead atoms. The highest BCUT2D eigenvalue weighted by atomic mass is 35.5. The van der Waals surface area contributed by atoms with Gasteiger partial charge in [0, 0.05) is 43.1 Å². The van der Waals surface area contributed by atoms with E-state index in [1.54, 1.807) is 12.0 Å². The lowest BCUT2D eigenvalue weighted by atomic mass is 10.1. The first-order valence-electron chi connectivity index (χ1n) is 13.8. The van der Waals surface area contributed by atoms with Crippen molar-refractivity contribution in [2.24, 2.45) is 0 Å². The van der Waals surface area contributed by atoms with Crippen LogP contribution in [-0.2, 0) is 4.79 Å². The number of likely N-dealkylation sites (tertiary alicyclic amines) is 1. The predicted octanol–water partition coefficient (Wildman–Crippen LogP) is 7.26. The number of halogens is 1. The maximum Gasteiger partial charge on any atom is 0.245 e. The van der Waals surface area contributed by atoms with Gasteiger partial charge in [0.25, 0.3) is 0 Å². The lowest BCUT2D eigenvalue weighted by Gasteiger charge is -2.31. The molecule has 1 aliphatic carbocycles. The van der Waals surface area contributed by atoms with Gasteiger partial charge in [0.05, 0.1) is 17.6 Å². The van der Waals surface area contributed by atoms with E-state index in [1.807, 2.05) is 42.5 Å². The third kappa shape index (κ3) is 6.07. The second-order valence-corrected chi connectivity index (χ2v) is 10.7. The Morgan fingerprint density at radius 1 is 1.00 bits per heavy atom. The molecule has 1 saturated heterocycles. The number of nitrogens with zero attached hydrogens (tertiary/aromatic N) is 3. The van der Waals surface area contributed by atoms with E-state index < -0.39 is 0 Å². The molecule has 1 saturated carbocycles. The van der Waals surface area contributed by atoms with Gasteiger partial charge in [-0.15, -0.1) is 0 Å². The number of carbonyl (C=O) groups is 1. The molecule has 0 unspecified atom stereocenters. The Hall–Kier alpha value is -4.30. The minimum absolute atomic E-state index is 0.0486. The van der Waals surface area contributed by atoms with E-state index in [0.717, 1.165) is 29.7 Å². The van der Waals surface area contributed by atoms with Crippen molar-refractivity contribution >= 4 is 39.9 Å². The molecule has 0 spiro atoms. The number of amides is 1. The average molecular weight is 571 g/mol. The first kappa shape index (κ1) is 26.9. The molecule has 0 radical (unpaired) electrons. The third-order valence-electron chi connectivity index (χ3n) is 7.49. The Kier molecular flexibility index (Phi) is 7.65. The number of fused-ring (bicyclic) bond motifs is 1. The highest BCUT2D eigenvalue weighted by molar-refractivity contribution is 6.32. The number of piperidine rings is 1. The van der Waals surface area contributed by atoms with Gasteiger partial charge in [-0.3, -0.25) is 4.79 Å². The number of aromatic nitrogens is 2. The summed E-state index contributed by atoms with van der Waals surface area (Å²) >= 11 is 6.60. The summed E-state index contributed by atoms with van der Waals surface area (Å²) in [5, 5.41) is 4.61. The maximum atomic E-state index is 11.9. The summed E-state index contributed by atoms with van der Waals surface area (Å²) in [7, 11) is 1.60. The van der Waals surface area contributed by atoms with Crippen LogP contribution in [-0.4, -0.2) is 47.1 Å². The fraction of sp³-hybridized carbons (Fsp3) is 0.281. The molecule has 1 aliphatic heterocycles. The molecule has 2 fully saturated rings. The van der Waals surface area contributed by atoms with E-state index in [2.05, 4.69) is 34.0 Å². The van der Waals surface area contributed by atoms with Crippen LogP contribution in [0.25, 0.3) is 10.9 Å². The molecule has 4 aromatic rings. The van der Waals surface area contributed by atoms with Crippen molar-refractivity contribution in [2.45, 2.75) is 37.7 Å². The summed E-state index contributed by atoms with van der Waals surface area (Å²) in [5.41, 5.74) is 2.82. The highest BCUT2D eigenvalue weighted by Gasteiger charge is 2.25. The van der Waals surface area contributed by atoms with Gasteiger partial charge < -0.3 is 24.4 Å². The van der Waals surface area contributed by atoms with E-state index >= 15 is 0 Å². The van der Waals surface area contributed by atoms with Crippen LogP contribution >= 0.6 is 11.6 Å². The van der Waals surface area contributed by atoms with Gasteiger partial charge in [-0.25, -0.2) is 9.97 Å². The summed E-state index contributed by atoms with van der Waals surface area (Å²) in [6.45, 7) is 4.81. The largest absolute Gasteiger partial charge is 0.493 e. The van der Waals surface area contributed by atoms with Crippen molar-refractivity contribution < 1.29 is 19.0 Å². The molecule has 41 heavy (non-hydrogen) atoms. The Morgan fingerprint density at radius 3 is 2.46 bits per heavy atom. The number of ether oxygens (including phenoxy) is 3. The Morgan fingerprint density at radius 2 is 1.78 bits per heavy atom. The topological polar surface area (TPSA) is 85.8 Å². The molecule has 1 N–H and O–H groups in total. The molecule has 2 heterocycles. The molecule has 8 nitrogen and oxygen atoms in total. The van der Waals surface area contributed by atoms with Crippen LogP contribution < -0.4 is 19.5 Å². The van der Waals surface area contributed by atoms with Gasteiger partial charge in [-0.05, 0) is 66.8 Å². The van der Waals surface area contributed by atoms with E-state index in [4.69, 9.17) is 25.8 Å². The second kappa shape index (κ2) is 11.7. The van der Waals surface area contributed by atoms with Gasteiger partial charge in [0.2, 0.25) is 5.91 Å². The molecule has 210 valence electrons. The van der Waals surface area contributed by atoms with Crippen LogP contribution in [0.5, 0.6) is 23.0 Å². The molecule has 1 amide bonds. The molecule has 1 aromatic heterocycles. The Labute approximate surface area is 243 Å². The van der Waals surface area contributed by atoms with E-state index in [1.165, 1.54) is 30.8 Å². The maximum absolute atomic E-state index is 11.9. The first-order chi connectivity index (χ1) is 20.0. The number of hydrogen-bond acceptors (Lipinski definition) is 7. The van der Waals surface area contributed by atoms with Crippen LogP contribution in [0.1, 0.15) is 37.2 Å². The number of benzene rings is 3. The van der Waals surface area contributed by atoms with Crippen molar-refractivity contribution in [3.05, 3.63) is 84.2 Å². The zero-order valence-corrected chi connectivity index (χ0v) is 23.6. The third-order valence-corrected chi connectivity index (χ3v) is 7.79. The molecular formula is C32H31ClN4O4. The predicted molar refractivity (Wildman–Crippen MR) is 160 cm³/mol. The van der Waals surface area contributed by atoms with E-state index in [-0.39, 0.29) is 12.0 Å². The van der Waals surface area contributed by atoms with Gasteiger partial charge in [0.1, 0.15) is 29.7 Å². The Bertz CT molecular complexity index is 1580. The summed E-state index contributed by atoms with van der Waals surface area (Å²) < 4.78 is 18.0. The van der Waals surface area contributed by atoms with Crippen molar-refractivity contribution in [3.8, 4) is 23.0 Å². The van der Waals surface area contributed by atoms with E-state index in [0.29, 0.717) is 52.6 Å². The summed E-state index contributed by atoms with van der Waals surface area (Å²) in [6, 6.07) is 17.5. The highest BCUT2D eigenvalue weighted by Crippen LogP contribution is 2.41. The fourth-order valence-electron chi connectivity index (χ4n) is 5.07. The fourth-order valence-corrected chi connectivity index (χ4v) is 5.29.